The SMILES string of the molecule is COC(=O)c1c[n+](CC(=O)[O-])cc2c1C(C(C)(C)C)=C/C2=C\c1cc(C(C)(C)C)c2cn(CC(=O)O)cc(C(=O)OC)c1-2. The number of carboxylic acid groups (broad SMARTS) is 2. The summed E-state index contributed by atoms with van der Waals surface area (Å²) < 4.78 is 13.0. The number of allylic oxidation sites excluding steroid dienone is 3. The number of nitrogens with zero attached hydrogens (tertiary/aromatic N) is 2. The third-order valence-corrected chi connectivity index (χ3v) is 7.38. The molecule has 226 valence electrons. The lowest BCUT2D eigenvalue weighted by atomic mass is 9.82. The van der Waals surface area contributed by atoms with E-state index in [0.717, 1.165) is 11.1 Å². The number of fused-ring (bicyclic) bond motifs is 2. The Labute approximate surface area is 250 Å². The molecule has 0 saturated carbocycles. The van der Waals surface area contributed by atoms with E-state index >= 15 is 0 Å². The molecule has 1 aromatic heterocycles. The summed E-state index contributed by atoms with van der Waals surface area (Å²) >= 11 is 0. The molecule has 0 saturated heterocycles. The lowest BCUT2D eigenvalue weighted by Crippen LogP contribution is -2.44. The number of aliphatic carboxylic acids is 2. The molecule has 0 unspecified atom stereocenters. The van der Waals surface area contributed by atoms with E-state index in [1.807, 2.05) is 59.8 Å². The molecule has 0 radical (unpaired) electrons. The van der Waals surface area contributed by atoms with Crippen molar-refractivity contribution in [1.29, 1.82) is 0 Å². The van der Waals surface area contributed by atoms with Crippen LogP contribution in [-0.4, -0.2) is 47.8 Å². The lowest BCUT2D eigenvalue weighted by Gasteiger charge is -2.22. The number of carboxylic acids is 2. The zero-order valence-electron chi connectivity index (χ0n) is 25.7. The summed E-state index contributed by atoms with van der Waals surface area (Å²) in [5.74, 6) is -3.60. The molecule has 2 heterocycles. The maximum absolute atomic E-state index is 13.1. The zero-order valence-corrected chi connectivity index (χ0v) is 25.7. The van der Waals surface area contributed by atoms with Crippen molar-refractivity contribution in [2.24, 2.45) is 5.41 Å². The molecule has 3 aliphatic rings. The molecule has 0 fully saturated rings. The van der Waals surface area contributed by atoms with Gasteiger partial charge in [0.05, 0.1) is 25.3 Å². The molecular weight excluding hydrogens is 552 g/mol. The van der Waals surface area contributed by atoms with Gasteiger partial charge < -0.3 is 29.0 Å². The molecule has 10 heteroatoms. The molecule has 1 aromatic rings. The average Bonchev–Trinajstić information content (AvgIpc) is 3.45. The number of hydrogen-bond donors (Lipinski definition) is 1. The summed E-state index contributed by atoms with van der Waals surface area (Å²) in [6, 6.07) is 1.97. The highest BCUT2D eigenvalue weighted by Crippen LogP contribution is 2.48. The Morgan fingerprint density at radius 2 is 1.53 bits per heavy atom. The Morgan fingerprint density at radius 1 is 0.907 bits per heavy atom. The first-order valence-corrected chi connectivity index (χ1v) is 13.7. The number of rotatable bonds is 7. The van der Waals surface area contributed by atoms with Gasteiger partial charge in [0.25, 0.3) is 0 Å². The predicted molar refractivity (Wildman–Crippen MR) is 157 cm³/mol. The third kappa shape index (κ3) is 6.09. The predicted octanol–water partition coefficient (Wildman–Crippen LogP) is 3.57. The van der Waals surface area contributed by atoms with E-state index in [1.165, 1.54) is 35.7 Å². The second-order valence-electron chi connectivity index (χ2n) is 12.7. The molecule has 0 amide bonds. The molecule has 0 atom stereocenters. The number of ether oxygens (including phenoxy) is 2. The van der Waals surface area contributed by atoms with E-state index in [2.05, 4.69) is 0 Å². The van der Waals surface area contributed by atoms with Gasteiger partial charge in [-0.2, -0.15) is 4.57 Å². The Balaban J connectivity index is 2.11. The normalized spacial score (nSPS) is 14.0. The largest absolute Gasteiger partial charge is 0.544 e. The molecule has 1 N–H and O–H groups in total. The van der Waals surface area contributed by atoms with Gasteiger partial charge in [0, 0.05) is 29.1 Å². The van der Waals surface area contributed by atoms with Crippen LogP contribution < -0.4 is 9.67 Å². The van der Waals surface area contributed by atoms with Crippen molar-refractivity contribution in [1.82, 2.24) is 4.57 Å². The maximum Gasteiger partial charge on any atom is 0.344 e. The summed E-state index contributed by atoms with van der Waals surface area (Å²) in [7, 11) is 2.54. The Kier molecular flexibility index (Phi) is 8.10. The van der Waals surface area contributed by atoms with Crippen molar-refractivity contribution in [3.8, 4) is 11.1 Å². The third-order valence-electron chi connectivity index (χ3n) is 7.38. The molecule has 4 rings (SSSR count). The summed E-state index contributed by atoms with van der Waals surface area (Å²) in [5, 5.41) is 21.0. The zero-order chi connectivity index (χ0) is 32.0. The first-order chi connectivity index (χ1) is 20.0. The van der Waals surface area contributed by atoms with Crippen LogP contribution >= 0.6 is 0 Å². The molecule has 0 aromatic carbocycles. The van der Waals surface area contributed by atoms with Crippen molar-refractivity contribution in [3.63, 3.8) is 0 Å². The standard InChI is InChI=1S/C33H36N2O8/c1-32(2,3)24-11-19(28-21(24)13-35(17-27(38)39)14-22(28)30(40)42-7)9-18-10-25(33(4,5)6)29-20(18)12-34(16-26(36)37)15-23(29)31(41)43-8/h9-15H,16-17H2,1-8H3,(H-,36,37,38,39). The fourth-order valence-corrected chi connectivity index (χ4v) is 5.55. The number of methoxy groups -OCH3 is 2. The Morgan fingerprint density at radius 3 is 2.07 bits per heavy atom. The van der Waals surface area contributed by atoms with Gasteiger partial charge in [-0.05, 0) is 51.3 Å². The second kappa shape index (κ2) is 11.2. The first-order valence-electron chi connectivity index (χ1n) is 13.7. The van der Waals surface area contributed by atoms with E-state index in [-0.39, 0.29) is 23.1 Å². The molecule has 1 aliphatic heterocycles. The number of aromatic nitrogens is 2. The van der Waals surface area contributed by atoms with Crippen molar-refractivity contribution in [2.75, 3.05) is 14.2 Å². The number of carbonyl (C=O) groups excluding carboxylic acids is 3. The summed E-state index contributed by atoms with van der Waals surface area (Å²) in [6.07, 6.45) is 10.2. The Bertz CT molecular complexity index is 1690. The maximum atomic E-state index is 13.1. The van der Waals surface area contributed by atoms with Crippen molar-refractivity contribution in [2.45, 2.75) is 60.0 Å². The van der Waals surface area contributed by atoms with Crippen molar-refractivity contribution in [3.05, 3.63) is 70.3 Å². The second-order valence-corrected chi connectivity index (χ2v) is 12.7. The van der Waals surface area contributed by atoms with Gasteiger partial charge >= 0.3 is 17.9 Å². The van der Waals surface area contributed by atoms with Gasteiger partial charge in [-0.1, -0.05) is 41.5 Å². The Hall–Kier alpha value is -4.73. The minimum atomic E-state index is -1.32. The molecule has 0 spiro atoms. The van der Waals surface area contributed by atoms with Crippen molar-refractivity contribution < 1.29 is 43.4 Å². The topological polar surface area (TPSA) is 139 Å². The van der Waals surface area contributed by atoms with Crippen LogP contribution in [0.3, 0.4) is 0 Å². The number of hydrogen-bond acceptors (Lipinski definition) is 7. The lowest BCUT2D eigenvalue weighted by molar-refractivity contribution is -0.691. The number of pyridine rings is 2. The molecule has 0 bridgehead atoms. The van der Waals surface area contributed by atoms with E-state index in [0.29, 0.717) is 33.4 Å². The molecule has 10 nitrogen and oxygen atoms in total. The molecule has 2 aliphatic carbocycles. The van der Waals surface area contributed by atoms with Crippen LogP contribution in [0.25, 0.3) is 28.3 Å². The van der Waals surface area contributed by atoms with Gasteiger partial charge in [-0.3, -0.25) is 4.79 Å². The van der Waals surface area contributed by atoms with Gasteiger partial charge in [0.2, 0.25) is 0 Å². The van der Waals surface area contributed by atoms with Crippen LogP contribution in [0.15, 0.2) is 36.9 Å². The van der Waals surface area contributed by atoms with Crippen LogP contribution in [0.4, 0.5) is 0 Å². The minimum Gasteiger partial charge on any atom is -0.544 e. The minimum absolute atomic E-state index is 0.206. The van der Waals surface area contributed by atoms with Crippen LogP contribution in [0.1, 0.15) is 84.5 Å². The monoisotopic (exact) mass is 588 g/mol. The highest BCUT2D eigenvalue weighted by atomic mass is 16.5. The summed E-state index contributed by atoms with van der Waals surface area (Å²) in [5.41, 5.74) is 5.34. The van der Waals surface area contributed by atoms with Crippen LogP contribution in [-0.2, 0) is 37.6 Å². The first kappa shape index (κ1) is 31.2. The van der Waals surface area contributed by atoms with Gasteiger partial charge in [-0.15, -0.1) is 0 Å². The fraction of sp³-hybridized carbons (Fsp3) is 0.364. The fourth-order valence-electron chi connectivity index (χ4n) is 5.55. The van der Waals surface area contributed by atoms with E-state index in [4.69, 9.17) is 9.47 Å². The van der Waals surface area contributed by atoms with E-state index in [9.17, 15) is 29.4 Å². The highest BCUT2D eigenvalue weighted by Gasteiger charge is 2.36. The number of esters is 2. The molecule has 43 heavy (non-hydrogen) atoms. The summed E-state index contributed by atoms with van der Waals surface area (Å²) in [6.45, 7) is 11.3. The van der Waals surface area contributed by atoms with Crippen molar-refractivity contribution >= 4 is 41.1 Å². The number of carbonyl (C=O) groups is 4. The summed E-state index contributed by atoms with van der Waals surface area (Å²) in [4.78, 5) is 49.1. The quantitative estimate of drug-likeness (QED) is 0.327. The average molecular weight is 589 g/mol. The van der Waals surface area contributed by atoms with Gasteiger partial charge in [-0.25, -0.2) is 9.59 Å². The van der Waals surface area contributed by atoms with Crippen LogP contribution in [0.5, 0.6) is 0 Å². The smallest absolute Gasteiger partial charge is 0.344 e. The highest BCUT2D eigenvalue weighted by molar-refractivity contribution is 6.10. The van der Waals surface area contributed by atoms with Crippen LogP contribution in [0, 0.1) is 5.41 Å². The van der Waals surface area contributed by atoms with Crippen LogP contribution in [0.2, 0.25) is 0 Å². The van der Waals surface area contributed by atoms with Gasteiger partial charge in [0.15, 0.2) is 18.9 Å². The van der Waals surface area contributed by atoms with Gasteiger partial charge in [0.1, 0.15) is 18.1 Å². The molecular formula is C33H36N2O8. The van der Waals surface area contributed by atoms with E-state index in [1.54, 1.807) is 12.4 Å². The van der Waals surface area contributed by atoms with E-state index < -0.39 is 35.8 Å².